The SMILES string of the molecule is CC(=O)N1C2CC[C@H]1CC(O)C2. The summed E-state index contributed by atoms with van der Waals surface area (Å²) in [4.78, 5) is 13.2. The van der Waals surface area contributed by atoms with Gasteiger partial charge in [0.1, 0.15) is 0 Å². The maximum absolute atomic E-state index is 11.2. The number of carbonyl (C=O) groups excluding carboxylic acids is 1. The number of carbonyl (C=O) groups is 1. The Morgan fingerprint density at radius 1 is 1.33 bits per heavy atom. The van der Waals surface area contributed by atoms with Gasteiger partial charge in [-0.2, -0.15) is 0 Å². The summed E-state index contributed by atoms with van der Waals surface area (Å²) in [6.45, 7) is 1.63. The Balaban J connectivity index is 2.14. The minimum atomic E-state index is -0.168. The maximum Gasteiger partial charge on any atom is 0.219 e. The average Bonchev–Trinajstić information content (AvgIpc) is 2.24. The van der Waals surface area contributed by atoms with Crippen molar-refractivity contribution in [3.05, 3.63) is 0 Å². The van der Waals surface area contributed by atoms with E-state index in [2.05, 4.69) is 0 Å². The molecule has 2 aliphatic rings. The molecule has 0 radical (unpaired) electrons. The van der Waals surface area contributed by atoms with Crippen LogP contribution in [0.3, 0.4) is 0 Å². The molecule has 0 aliphatic carbocycles. The molecule has 1 amide bonds. The number of aliphatic hydroxyl groups is 1. The number of amides is 1. The second kappa shape index (κ2) is 2.73. The molecule has 0 spiro atoms. The van der Waals surface area contributed by atoms with Crippen LogP contribution in [-0.4, -0.2) is 34.1 Å². The molecule has 0 saturated carbocycles. The lowest BCUT2D eigenvalue weighted by Crippen LogP contribution is -2.46. The van der Waals surface area contributed by atoms with Gasteiger partial charge in [0.05, 0.1) is 6.10 Å². The Morgan fingerprint density at radius 2 is 1.83 bits per heavy atom. The van der Waals surface area contributed by atoms with Crippen molar-refractivity contribution in [2.24, 2.45) is 0 Å². The molecule has 0 aromatic rings. The highest BCUT2D eigenvalue weighted by Gasteiger charge is 2.41. The van der Waals surface area contributed by atoms with Crippen LogP contribution in [0.25, 0.3) is 0 Å². The summed E-state index contributed by atoms with van der Waals surface area (Å²) in [5.41, 5.74) is 0. The molecule has 68 valence electrons. The highest BCUT2D eigenvalue weighted by atomic mass is 16.3. The Bertz CT molecular complexity index is 191. The van der Waals surface area contributed by atoms with Crippen molar-refractivity contribution >= 4 is 5.91 Å². The number of aliphatic hydroxyl groups excluding tert-OH is 1. The monoisotopic (exact) mass is 169 g/mol. The molecular weight excluding hydrogens is 154 g/mol. The third-order valence-electron chi connectivity index (χ3n) is 3.07. The summed E-state index contributed by atoms with van der Waals surface area (Å²) in [6.07, 6.45) is 3.58. The standard InChI is InChI=1S/C9H15NO2/c1-6(11)10-7-2-3-8(10)5-9(12)4-7/h7-9,12H,2-5H2,1H3/t7-,8?,9?/m0/s1. The molecule has 3 heteroatoms. The summed E-state index contributed by atoms with van der Waals surface area (Å²) in [7, 11) is 0. The first-order chi connectivity index (χ1) is 5.68. The van der Waals surface area contributed by atoms with Crippen LogP contribution in [0.1, 0.15) is 32.6 Å². The predicted molar refractivity (Wildman–Crippen MR) is 44.6 cm³/mol. The smallest absolute Gasteiger partial charge is 0.219 e. The largest absolute Gasteiger partial charge is 0.393 e. The van der Waals surface area contributed by atoms with Crippen LogP contribution in [0.15, 0.2) is 0 Å². The van der Waals surface area contributed by atoms with Crippen LogP contribution >= 0.6 is 0 Å². The number of nitrogens with zero attached hydrogens (tertiary/aromatic N) is 1. The summed E-state index contributed by atoms with van der Waals surface area (Å²) < 4.78 is 0. The van der Waals surface area contributed by atoms with Gasteiger partial charge in [-0.1, -0.05) is 0 Å². The molecule has 1 N–H and O–H groups in total. The molecule has 2 fully saturated rings. The minimum Gasteiger partial charge on any atom is -0.393 e. The quantitative estimate of drug-likeness (QED) is 0.574. The fourth-order valence-electron chi connectivity index (χ4n) is 2.66. The van der Waals surface area contributed by atoms with Gasteiger partial charge in [-0.3, -0.25) is 4.79 Å². The highest BCUT2D eigenvalue weighted by molar-refractivity contribution is 5.74. The highest BCUT2D eigenvalue weighted by Crippen LogP contribution is 2.35. The van der Waals surface area contributed by atoms with Gasteiger partial charge in [0.25, 0.3) is 0 Å². The second-order valence-electron chi connectivity index (χ2n) is 3.94. The first kappa shape index (κ1) is 8.05. The fourth-order valence-corrected chi connectivity index (χ4v) is 2.66. The fraction of sp³-hybridized carbons (Fsp3) is 0.889. The lowest BCUT2D eigenvalue weighted by molar-refractivity contribution is -0.134. The lowest BCUT2D eigenvalue weighted by Gasteiger charge is -2.36. The Hall–Kier alpha value is -0.570. The van der Waals surface area contributed by atoms with Gasteiger partial charge in [-0.05, 0) is 25.7 Å². The summed E-state index contributed by atoms with van der Waals surface area (Å²) >= 11 is 0. The number of piperidine rings is 1. The van der Waals surface area contributed by atoms with E-state index < -0.39 is 0 Å². The van der Waals surface area contributed by atoms with E-state index in [4.69, 9.17) is 0 Å². The zero-order valence-electron chi connectivity index (χ0n) is 7.36. The maximum atomic E-state index is 11.2. The van der Waals surface area contributed by atoms with E-state index in [1.807, 2.05) is 4.90 Å². The van der Waals surface area contributed by atoms with E-state index in [9.17, 15) is 9.90 Å². The van der Waals surface area contributed by atoms with Gasteiger partial charge in [0, 0.05) is 19.0 Å². The Kier molecular flexibility index (Phi) is 1.83. The van der Waals surface area contributed by atoms with Crippen LogP contribution in [0, 0.1) is 0 Å². The van der Waals surface area contributed by atoms with Gasteiger partial charge in [0.15, 0.2) is 0 Å². The first-order valence-corrected chi connectivity index (χ1v) is 4.65. The molecule has 3 nitrogen and oxygen atoms in total. The predicted octanol–water partition coefficient (Wildman–Crippen LogP) is 0.521. The van der Waals surface area contributed by atoms with E-state index >= 15 is 0 Å². The molecule has 2 aliphatic heterocycles. The van der Waals surface area contributed by atoms with Gasteiger partial charge < -0.3 is 10.0 Å². The molecule has 2 rings (SSSR count). The average molecular weight is 169 g/mol. The first-order valence-electron chi connectivity index (χ1n) is 4.65. The van der Waals surface area contributed by atoms with Crippen LogP contribution in [-0.2, 0) is 4.79 Å². The molecule has 0 aromatic heterocycles. The normalized spacial score (nSPS) is 40.2. The number of fused-ring (bicyclic) bond motifs is 2. The molecule has 2 heterocycles. The summed E-state index contributed by atoms with van der Waals surface area (Å²) in [5.74, 6) is 0.175. The molecule has 2 unspecified atom stereocenters. The minimum absolute atomic E-state index is 0.168. The third-order valence-corrected chi connectivity index (χ3v) is 3.07. The summed E-state index contributed by atoms with van der Waals surface area (Å²) in [6, 6.07) is 0.660. The molecule has 3 atom stereocenters. The van der Waals surface area contributed by atoms with Crippen LogP contribution in [0.5, 0.6) is 0 Å². The van der Waals surface area contributed by atoms with Crippen molar-refractivity contribution in [2.75, 3.05) is 0 Å². The van der Waals surface area contributed by atoms with Gasteiger partial charge in [-0.25, -0.2) is 0 Å². The van der Waals surface area contributed by atoms with Crippen LogP contribution in [0.2, 0.25) is 0 Å². The van der Waals surface area contributed by atoms with Gasteiger partial charge >= 0.3 is 0 Å². The summed E-state index contributed by atoms with van der Waals surface area (Å²) in [5, 5.41) is 9.45. The van der Waals surface area contributed by atoms with E-state index in [1.165, 1.54) is 0 Å². The third kappa shape index (κ3) is 1.12. The van der Waals surface area contributed by atoms with E-state index in [0.29, 0.717) is 12.1 Å². The van der Waals surface area contributed by atoms with Gasteiger partial charge in [-0.15, -0.1) is 0 Å². The van der Waals surface area contributed by atoms with Crippen molar-refractivity contribution in [3.8, 4) is 0 Å². The molecule has 2 saturated heterocycles. The van der Waals surface area contributed by atoms with Crippen molar-refractivity contribution in [2.45, 2.75) is 50.8 Å². The van der Waals surface area contributed by atoms with Crippen molar-refractivity contribution in [1.29, 1.82) is 0 Å². The lowest BCUT2D eigenvalue weighted by atomic mass is 10.00. The second-order valence-corrected chi connectivity index (χ2v) is 3.94. The van der Waals surface area contributed by atoms with E-state index in [-0.39, 0.29) is 12.0 Å². The molecule has 0 aromatic carbocycles. The molecular formula is C9H15NO2. The van der Waals surface area contributed by atoms with E-state index in [1.54, 1.807) is 6.92 Å². The zero-order chi connectivity index (χ0) is 8.72. The number of hydrogen-bond donors (Lipinski definition) is 1. The topological polar surface area (TPSA) is 40.5 Å². The molecule has 12 heavy (non-hydrogen) atoms. The Morgan fingerprint density at radius 3 is 2.25 bits per heavy atom. The Labute approximate surface area is 72.4 Å². The van der Waals surface area contributed by atoms with Crippen molar-refractivity contribution in [1.82, 2.24) is 4.90 Å². The van der Waals surface area contributed by atoms with Crippen molar-refractivity contribution < 1.29 is 9.90 Å². The number of rotatable bonds is 0. The van der Waals surface area contributed by atoms with Gasteiger partial charge in [0.2, 0.25) is 5.91 Å². The van der Waals surface area contributed by atoms with E-state index in [0.717, 1.165) is 25.7 Å². The van der Waals surface area contributed by atoms with Crippen LogP contribution < -0.4 is 0 Å². The van der Waals surface area contributed by atoms with Crippen molar-refractivity contribution in [3.63, 3.8) is 0 Å². The number of hydrogen-bond acceptors (Lipinski definition) is 2. The molecule has 2 bridgehead atoms. The van der Waals surface area contributed by atoms with Crippen LogP contribution in [0.4, 0.5) is 0 Å². The zero-order valence-corrected chi connectivity index (χ0v) is 7.36.